The lowest BCUT2D eigenvalue weighted by Crippen LogP contribution is -2.27. The second-order valence-electron chi connectivity index (χ2n) is 37.5. The predicted octanol–water partition coefficient (Wildman–Crippen LogP) is 35.4. The van der Waals surface area contributed by atoms with Gasteiger partial charge in [0.25, 0.3) is 0 Å². The maximum Gasteiger partial charge on any atom is 0.0215 e. The Kier molecular flexibility index (Phi) is 21.4. The minimum Gasteiger partial charge on any atom is -0.0654 e. The predicted molar refractivity (Wildman–Crippen MR) is 513 cm³/mol. The van der Waals surface area contributed by atoms with Crippen LogP contribution in [0, 0.1) is 0 Å². The van der Waals surface area contributed by atoms with Crippen molar-refractivity contribution in [1.82, 2.24) is 0 Å². The third-order valence-corrected chi connectivity index (χ3v) is 29.8. The molecule has 0 aliphatic heterocycles. The Morgan fingerprint density at radius 3 is 0.644 bits per heavy atom. The SMILES string of the molecule is CCCCCCCCC1(CCCCCCCC)c2cc3c(cc2-c2cc4c(cc21)-c1cc2c(cc1C4(CCCCCCCC)CCCCCCCC)-c1c(cc(-c4c5ccccc5c(-c5ccccc5)c5ccccc45)c4ccccc14)C2(C)C)C(C)(C)c1cc(-c2c4ccccc4c(-c4ccccc4)c4ccccc24)c2ccccc2c1-3. The molecule has 0 radical (unpaired) electrons. The molecule has 0 bridgehead atoms. The third-order valence-electron chi connectivity index (χ3n) is 29.8. The van der Waals surface area contributed by atoms with Crippen LogP contribution in [-0.2, 0) is 21.7 Å². The van der Waals surface area contributed by atoms with Gasteiger partial charge in [-0.15, -0.1) is 0 Å². The van der Waals surface area contributed by atoms with Gasteiger partial charge in [-0.05, 0) is 272 Å². The van der Waals surface area contributed by atoms with Crippen LogP contribution in [0.15, 0.2) is 255 Å². The van der Waals surface area contributed by atoms with Crippen molar-refractivity contribution in [2.24, 2.45) is 0 Å². The Bertz CT molecular complexity index is 5780. The fraction of sp³-hybridized carbons (Fsp3) is 0.339. The summed E-state index contributed by atoms with van der Waals surface area (Å²) < 4.78 is 0. The molecule has 0 atom stereocenters. The fourth-order valence-corrected chi connectivity index (χ4v) is 23.9. The quantitative estimate of drug-likeness (QED) is 0.0291. The van der Waals surface area contributed by atoms with E-state index in [-0.39, 0.29) is 21.7 Å². The van der Waals surface area contributed by atoms with Crippen LogP contribution in [0.3, 0.4) is 0 Å². The van der Waals surface area contributed by atoms with Crippen LogP contribution in [0.5, 0.6) is 0 Å². The lowest BCUT2D eigenvalue weighted by molar-refractivity contribution is 0.394. The number of rotatable bonds is 32. The van der Waals surface area contributed by atoms with Crippen molar-refractivity contribution >= 4 is 64.6 Å². The van der Waals surface area contributed by atoms with Gasteiger partial charge in [-0.1, -0.05) is 416 Å². The Labute approximate surface area is 705 Å². The molecular weight excluding hydrogens is 1420 g/mol. The lowest BCUT2D eigenvalue weighted by Gasteiger charge is -2.35. The van der Waals surface area contributed by atoms with E-state index in [4.69, 9.17) is 0 Å². The van der Waals surface area contributed by atoms with Crippen molar-refractivity contribution in [2.45, 2.75) is 257 Å². The second kappa shape index (κ2) is 32.5. The van der Waals surface area contributed by atoms with Gasteiger partial charge >= 0.3 is 0 Å². The van der Waals surface area contributed by atoms with Crippen molar-refractivity contribution in [3.63, 3.8) is 0 Å². The second-order valence-corrected chi connectivity index (χ2v) is 37.5. The molecule has 0 amide bonds. The van der Waals surface area contributed by atoms with Gasteiger partial charge in [-0.3, -0.25) is 0 Å². The zero-order chi connectivity index (χ0) is 80.3. The van der Waals surface area contributed by atoms with Crippen molar-refractivity contribution in [2.75, 3.05) is 0 Å². The van der Waals surface area contributed by atoms with E-state index in [0.717, 1.165) is 0 Å². The maximum absolute atomic E-state index is 2.95. The van der Waals surface area contributed by atoms with Gasteiger partial charge in [0.15, 0.2) is 0 Å². The molecule has 594 valence electrons. The molecular formula is C118H122. The third kappa shape index (κ3) is 12.9. The summed E-state index contributed by atoms with van der Waals surface area (Å²) in [6.07, 6.45) is 35.7. The van der Waals surface area contributed by atoms with Crippen LogP contribution in [0.4, 0.5) is 0 Å². The number of fused-ring (bicyclic) bond motifs is 20. The van der Waals surface area contributed by atoms with Gasteiger partial charge < -0.3 is 0 Å². The highest BCUT2D eigenvalue weighted by atomic mass is 14.5. The first-order chi connectivity index (χ1) is 57.9. The summed E-state index contributed by atoms with van der Waals surface area (Å²) in [7, 11) is 0. The summed E-state index contributed by atoms with van der Waals surface area (Å²) >= 11 is 0. The number of hydrogen-bond donors (Lipinski definition) is 0. The van der Waals surface area contributed by atoms with Crippen LogP contribution < -0.4 is 0 Å². The van der Waals surface area contributed by atoms with Gasteiger partial charge in [0.05, 0.1) is 0 Å². The molecule has 0 aromatic heterocycles. The smallest absolute Gasteiger partial charge is 0.0215 e. The van der Waals surface area contributed by atoms with Gasteiger partial charge in [-0.25, -0.2) is 0 Å². The van der Waals surface area contributed by atoms with Gasteiger partial charge in [0, 0.05) is 21.7 Å². The lowest BCUT2D eigenvalue weighted by atomic mass is 9.68. The van der Waals surface area contributed by atoms with Crippen molar-refractivity contribution in [1.29, 1.82) is 0 Å². The highest BCUT2D eigenvalue weighted by Gasteiger charge is 2.52. The standard InChI is InChI=1S/C118H122/c1-9-13-17-21-25-47-67-117(68-48-26-22-18-14-10-2)103-73-96-94-72-102-100(114-84-58-38-36-56-82(84)98(76-108(114)116(102,7)8)112-91-65-45-41-61-87(91)110(80-53-33-30-34-54-80)88-62-42-46-66-92(88)112)78-106(94)118(69-49-27-23-19-15-11-3,70-50-28-24-20-16-12-4)104(96)74-95(103)93-71-101-99(77-105(93)117)113-83-57-37-35-55-81(83)97(75-107(113)115(101,5)6)111-89-63-43-39-59-85(89)109(79-51-31-29-32-52-79)86-60-40-44-64-90(86)111/h29-46,51-66,71-78H,9-28,47-50,67-70H2,1-8H3. The molecule has 19 rings (SSSR count). The molecule has 4 aliphatic rings. The van der Waals surface area contributed by atoms with Gasteiger partial charge in [0.2, 0.25) is 0 Å². The first-order valence-electron chi connectivity index (χ1n) is 46.6. The minimum absolute atomic E-state index is 0.162. The zero-order valence-corrected chi connectivity index (χ0v) is 72.0. The van der Waals surface area contributed by atoms with Gasteiger partial charge in [0.1, 0.15) is 0 Å². The van der Waals surface area contributed by atoms with E-state index in [1.807, 2.05) is 0 Å². The first-order valence-corrected chi connectivity index (χ1v) is 46.6. The largest absolute Gasteiger partial charge is 0.0654 e. The number of hydrogen-bond acceptors (Lipinski definition) is 0. The van der Waals surface area contributed by atoms with E-state index in [1.165, 1.54) is 345 Å². The highest BCUT2D eigenvalue weighted by molar-refractivity contribution is 6.27. The van der Waals surface area contributed by atoms with E-state index in [9.17, 15) is 0 Å². The summed E-state index contributed by atoms with van der Waals surface area (Å²) in [6.45, 7) is 19.9. The first kappa shape index (κ1) is 77.8. The molecule has 0 N–H and O–H groups in total. The Morgan fingerprint density at radius 1 is 0.169 bits per heavy atom. The number of unbranched alkanes of at least 4 members (excludes halogenated alkanes) is 20. The van der Waals surface area contributed by atoms with E-state index < -0.39 is 0 Å². The van der Waals surface area contributed by atoms with Crippen molar-refractivity contribution in [3.05, 3.63) is 299 Å². The van der Waals surface area contributed by atoms with Crippen molar-refractivity contribution in [3.8, 4) is 89.0 Å². The molecule has 15 aromatic rings. The summed E-state index contributed by atoms with van der Waals surface area (Å²) in [5.41, 5.74) is 34.0. The Morgan fingerprint density at radius 2 is 0.373 bits per heavy atom. The molecule has 118 heavy (non-hydrogen) atoms. The summed E-state index contributed by atoms with van der Waals surface area (Å²) in [4.78, 5) is 0. The average molecular weight is 1540 g/mol. The monoisotopic (exact) mass is 1540 g/mol. The van der Waals surface area contributed by atoms with E-state index in [0.29, 0.717) is 0 Å². The molecule has 0 heteroatoms. The summed E-state index contributed by atoms with van der Waals surface area (Å²) in [5.74, 6) is 0. The van der Waals surface area contributed by atoms with E-state index in [2.05, 4.69) is 310 Å². The zero-order valence-electron chi connectivity index (χ0n) is 72.0. The molecule has 0 nitrogen and oxygen atoms in total. The molecule has 0 saturated heterocycles. The summed E-state index contributed by atoms with van der Waals surface area (Å²) in [5, 5.41) is 15.9. The Balaban J connectivity index is 0.833. The molecule has 4 aliphatic carbocycles. The molecule has 0 saturated carbocycles. The normalized spacial score (nSPS) is 14.6. The van der Waals surface area contributed by atoms with Crippen LogP contribution in [0.1, 0.15) is 280 Å². The average Bonchev–Trinajstić information content (AvgIpc) is 1.50. The van der Waals surface area contributed by atoms with Crippen molar-refractivity contribution < 1.29 is 0 Å². The van der Waals surface area contributed by atoms with Crippen LogP contribution in [0.25, 0.3) is 154 Å². The maximum atomic E-state index is 2.95. The fourth-order valence-electron chi connectivity index (χ4n) is 23.9. The molecule has 0 heterocycles. The van der Waals surface area contributed by atoms with Crippen LogP contribution >= 0.6 is 0 Å². The highest BCUT2D eigenvalue weighted by Crippen LogP contribution is 2.67. The van der Waals surface area contributed by atoms with Crippen LogP contribution in [0.2, 0.25) is 0 Å². The summed E-state index contributed by atoms with van der Waals surface area (Å²) in [6, 6.07) is 101. The molecule has 0 fully saturated rings. The topological polar surface area (TPSA) is 0 Å². The van der Waals surface area contributed by atoms with Crippen LogP contribution in [-0.4, -0.2) is 0 Å². The Hall–Kier alpha value is -10.1. The van der Waals surface area contributed by atoms with E-state index in [1.54, 1.807) is 33.4 Å². The van der Waals surface area contributed by atoms with Gasteiger partial charge in [-0.2, -0.15) is 0 Å². The number of benzene rings is 15. The molecule has 0 spiro atoms. The minimum atomic E-state index is -0.298. The molecule has 0 unspecified atom stereocenters. The van der Waals surface area contributed by atoms with E-state index >= 15 is 0 Å². The molecule has 15 aromatic carbocycles.